The molecule has 1 amide bonds. The topological polar surface area (TPSA) is 85.1 Å². The van der Waals surface area contributed by atoms with E-state index in [-0.39, 0.29) is 33.8 Å². The molecule has 1 heterocycles. The van der Waals surface area contributed by atoms with Gasteiger partial charge in [-0.1, -0.05) is 44.5 Å². The summed E-state index contributed by atoms with van der Waals surface area (Å²) in [5, 5.41) is 13.9. The van der Waals surface area contributed by atoms with Gasteiger partial charge in [-0.2, -0.15) is 0 Å². The molecule has 0 aliphatic rings. The summed E-state index contributed by atoms with van der Waals surface area (Å²) in [4.78, 5) is 27.0. The molecule has 0 radical (unpaired) electrons. The summed E-state index contributed by atoms with van der Waals surface area (Å²) in [6, 6.07) is 9.26. The third-order valence-electron chi connectivity index (χ3n) is 4.09. The number of amides is 1. The van der Waals surface area contributed by atoms with Crippen LogP contribution in [0.25, 0.3) is 11.3 Å². The normalized spacial score (nSPS) is 12.5. The van der Waals surface area contributed by atoms with Crippen molar-refractivity contribution in [1.82, 2.24) is 10.3 Å². The van der Waals surface area contributed by atoms with Gasteiger partial charge in [0.1, 0.15) is 5.15 Å². The SMILES string of the molecule is CC(NC(=O)c1ccc(-c2cccc([N+](=O)[O-])c2)nc1Cl)C(C)(C)C. The quantitative estimate of drug-likeness (QED) is 0.494. The Bertz CT molecular complexity index is 815. The number of nitrogens with one attached hydrogen (secondary N) is 1. The molecule has 6 nitrogen and oxygen atoms in total. The van der Waals surface area contributed by atoms with E-state index in [4.69, 9.17) is 11.6 Å². The van der Waals surface area contributed by atoms with E-state index in [0.29, 0.717) is 11.3 Å². The van der Waals surface area contributed by atoms with Gasteiger partial charge in [0.2, 0.25) is 0 Å². The lowest BCUT2D eigenvalue weighted by Gasteiger charge is -2.28. The standard InChI is InChI=1S/C18H20ClN3O3/c1-11(18(2,3)4)20-17(23)14-8-9-15(21-16(14)19)12-6-5-7-13(10-12)22(24)25/h5-11H,1-4H3,(H,20,23). The van der Waals surface area contributed by atoms with Crippen LogP contribution in [-0.4, -0.2) is 21.9 Å². The van der Waals surface area contributed by atoms with Crippen molar-refractivity contribution in [3.8, 4) is 11.3 Å². The number of nitro benzene ring substituents is 1. The number of hydrogen-bond acceptors (Lipinski definition) is 4. The second kappa shape index (κ2) is 7.19. The number of carbonyl (C=O) groups is 1. The highest BCUT2D eigenvalue weighted by molar-refractivity contribution is 6.32. The van der Waals surface area contributed by atoms with Crippen LogP contribution < -0.4 is 5.32 Å². The van der Waals surface area contributed by atoms with Crippen molar-refractivity contribution >= 4 is 23.2 Å². The Hall–Kier alpha value is -2.47. The van der Waals surface area contributed by atoms with E-state index in [1.807, 2.05) is 27.7 Å². The fourth-order valence-corrected chi connectivity index (χ4v) is 2.27. The first kappa shape index (κ1) is 18.9. The molecule has 0 aliphatic heterocycles. The molecule has 0 saturated heterocycles. The van der Waals surface area contributed by atoms with Crippen LogP contribution in [0.2, 0.25) is 5.15 Å². The number of carbonyl (C=O) groups excluding carboxylic acids is 1. The van der Waals surface area contributed by atoms with Gasteiger partial charge in [-0.25, -0.2) is 4.98 Å². The van der Waals surface area contributed by atoms with Crippen molar-refractivity contribution in [3.63, 3.8) is 0 Å². The van der Waals surface area contributed by atoms with Gasteiger partial charge in [-0.05, 0) is 24.5 Å². The maximum atomic E-state index is 12.4. The largest absolute Gasteiger partial charge is 0.349 e. The third-order valence-corrected chi connectivity index (χ3v) is 4.38. The number of aromatic nitrogens is 1. The van der Waals surface area contributed by atoms with E-state index < -0.39 is 4.92 Å². The Labute approximate surface area is 151 Å². The number of nitro groups is 1. The summed E-state index contributed by atoms with van der Waals surface area (Å²) in [6.07, 6.45) is 0. The molecule has 132 valence electrons. The number of hydrogen-bond donors (Lipinski definition) is 1. The van der Waals surface area contributed by atoms with Crippen molar-refractivity contribution in [1.29, 1.82) is 0 Å². The summed E-state index contributed by atoms with van der Waals surface area (Å²) in [5.41, 5.74) is 1.18. The minimum absolute atomic E-state index is 0.0313. The van der Waals surface area contributed by atoms with Crippen LogP contribution >= 0.6 is 11.6 Å². The molecule has 0 saturated carbocycles. The summed E-state index contributed by atoms with van der Waals surface area (Å²) >= 11 is 6.17. The van der Waals surface area contributed by atoms with Crippen molar-refractivity contribution in [2.75, 3.05) is 0 Å². The van der Waals surface area contributed by atoms with E-state index in [9.17, 15) is 14.9 Å². The Morgan fingerprint density at radius 3 is 2.52 bits per heavy atom. The molecule has 7 heteroatoms. The van der Waals surface area contributed by atoms with Crippen molar-refractivity contribution in [2.24, 2.45) is 5.41 Å². The Balaban J connectivity index is 2.28. The molecule has 2 rings (SSSR count). The van der Waals surface area contributed by atoms with Gasteiger partial charge in [0.05, 0.1) is 16.2 Å². The Morgan fingerprint density at radius 2 is 1.96 bits per heavy atom. The first-order chi connectivity index (χ1) is 11.6. The number of rotatable bonds is 4. The zero-order valence-electron chi connectivity index (χ0n) is 14.5. The predicted molar refractivity (Wildman–Crippen MR) is 97.7 cm³/mol. The van der Waals surface area contributed by atoms with E-state index in [1.165, 1.54) is 12.1 Å². The molecule has 1 atom stereocenters. The highest BCUT2D eigenvalue weighted by Crippen LogP contribution is 2.26. The lowest BCUT2D eigenvalue weighted by Crippen LogP contribution is -2.41. The van der Waals surface area contributed by atoms with E-state index in [2.05, 4.69) is 10.3 Å². The van der Waals surface area contributed by atoms with Gasteiger partial charge in [-0.3, -0.25) is 14.9 Å². The summed E-state index contributed by atoms with van der Waals surface area (Å²) in [7, 11) is 0. The predicted octanol–water partition coefficient (Wildman–Crippen LogP) is 4.47. The zero-order chi connectivity index (χ0) is 18.8. The van der Waals surface area contributed by atoms with Crippen molar-refractivity contribution in [2.45, 2.75) is 33.7 Å². The fourth-order valence-electron chi connectivity index (χ4n) is 2.03. The average molecular weight is 362 g/mol. The number of non-ortho nitro benzene ring substituents is 1. The summed E-state index contributed by atoms with van der Waals surface area (Å²) in [6.45, 7) is 8.02. The van der Waals surface area contributed by atoms with Gasteiger partial charge in [0, 0.05) is 23.7 Å². The molecule has 1 aromatic heterocycles. The van der Waals surface area contributed by atoms with Gasteiger partial charge in [0.15, 0.2) is 0 Å². The molecule has 1 aromatic carbocycles. The highest BCUT2D eigenvalue weighted by Gasteiger charge is 2.23. The molecule has 0 fully saturated rings. The van der Waals surface area contributed by atoms with Gasteiger partial charge < -0.3 is 5.32 Å². The summed E-state index contributed by atoms with van der Waals surface area (Å²) < 4.78 is 0. The van der Waals surface area contributed by atoms with Crippen LogP contribution in [0.4, 0.5) is 5.69 Å². The van der Waals surface area contributed by atoms with Crippen LogP contribution in [0.1, 0.15) is 38.1 Å². The van der Waals surface area contributed by atoms with Crippen LogP contribution in [0.15, 0.2) is 36.4 Å². The molecule has 2 aromatic rings. The number of halogens is 1. The van der Waals surface area contributed by atoms with Crippen molar-refractivity contribution < 1.29 is 9.72 Å². The maximum absolute atomic E-state index is 12.4. The number of nitrogens with zero attached hydrogens (tertiary/aromatic N) is 2. The zero-order valence-corrected chi connectivity index (χ0v) is 15.3. The lowest BCUT2D eigenvalue weighted by atomic mass is 9.88. The summed E-state index contributed by atoms with van der Waals surface area (Å²) in [5.74, 6) is -0.300. The van der Waals surface area contributed by atoms with Gasteiger partial charge in [0.25, 0.3) is 11.6 Å². The monoisotopic (exact) mass is 361 g/mol. The molecule has 0 bridgehead atoms. The van der Waals surface area contributed by atoms with Crippen molar-refractivity contribution in [3.05, 3.63) is 57.2 Å². The molecule has 25 heavy (non-hydrogen) atoms. The van der Waals surface area contributed by atoms with Crippen LogP contribution in [0, 0.1) is 15.5 Å². The molecule has 0 aliphatic carbocycles. The first-order valence-corrected chi connectivity index (χ1v) is 8.19. The van der Waals surface area contributed by atoms with E-state index in [1.54, 1.807) is 24.3 Å². The molecule has 0 spiro atoms. The van der Waals surface area contributed by atoms with E-state index in [0.717, 1.165) is 0 Å². The molecular weight excluding hydrogens is 342 g/mol. The smallest absolute Gasteiger partial charge is 0.270 e. The Kier molecular flexibility index (Phi) is 5.42. The minimum atomic E-state index is -0.471. The molecular formula is C18H20ClN3O3. The maximum Gasteiger partial charge on any atom is 0.270 e. The van der Waals surface area contributed by atoms with Gasteiger partial charge in [-0.15, -0.1) is 0 Å². The molecule has 1 unspecified atom stereocenters. The second-order valence-electron chi connectivity index (χ2n) is 6.90. The third kappa shape index (κ3) is 4.54. The minimum Gasteiger partial charge on any atom is -0.349 e. The fraction of sp³-hybridized carbons (Fsp3) is 0.333. The number of benzene rings is 1. The van der Waals surface area contributed by atoms with Crippen LogP contribution in [-0.2, 0) is 0 Å². The van der Waals surface area contributed by atoms with Crippen LogP contribution in [0.3, 0.4) is 0 Å². The number of pyridine rings is 1. The lowest BCUT2D eigenvalue weighted by molar-refractivity contribution is -0.384. The van der Waals surface area contributed by atoms with E-state index >= 15 is 0 Å². The van der Waals surface area contributed by atoms with Gasteiger partial charge >= 0.3 is 0 Å². The molecule has 1 N–H and O–H groups in total. The highest BCUT2D eigenvalue weighted by atomic mass is 35.5. The second-order valence-corrected chi connectivity index (χ2v) is 7.26. The average Bonchev–Trinajstić information content (AvgIpc) is 2.53. The van der Waals surface area contributed by atoms with Crippen LogP contribution in [0.5, 0.6) is 0 Å². The first-order valence-electron chi connectivity index (χ1n) is 7.82. The Morgan fingerprint density at radius 1 is 1.28 bits per heavy atom.